The van der Waals surface area contributed by atoms with Crippen LogP contribution in [0.2, 0.25) is 0 Å². The van der Waals surface area contributed by atoms with Crippen molar-refractivity contribution in [1.82, 2.24) is 0 Å². The van der Waals surface area contributed by atoms with Crippen molar-refractivity contribution >= 4 is 0 Å². The molecule has 1 unspecified atom stereocenters. The van der Waals surface area contributed by atoms with Gasteiger partial charge in [0.25, 0.3) is 0 Å². The fraction of sp³-hybridized carbons (Fsp3) is 0.760. The third-order valence-corrected chi connectivity index (χ3v) is 6.34. The van der Waals surface area contributed by atoms with Crippen molar-refractivity contribution in [3.05, 3.63) is 35.9 Å². The zero-order valence-corrected chi connectivity index (χ0v) is 16.9. The molecule has 1 aromatic rings. The maximum atomic E-state index is 2.32. The van der Waals surface area contributed by atoms with Crippen LogP contribution in [0.1, 0.15) is 109 Å². The standard InChI is InChI=1S/C25H42/c1-2-3-4-7-14-25(21-12-19-23-15-8-5-9-16-23)22-13-20-24-17-10-6-11-18-24/h5,8-9,15-16,24-25H,2-4,6-7,10-14,17-22H2,1H3. The highest BCUT2D eigenvalue weighted by Gasteiger charge is 2.14. The molecule has 1 aliphatic carbocycles. The van der Waals surface area contributed by atoms with Gasteiger partial charge in [-0.15, -0.1) is 0 Å². The molecule has 0 radical (unpaired) electrons. The summed E-state index contributed by atoms with van der Waals surface area (Å²) < 4.78 is 0. The van der Waals surface area contributed by atoms with Crippen molar-refractivity contribution in [2.24, 2.45) is 11.8 Å². The Balaban J connectivity index is 1.65. The second kappa shape index (κ2) is 13.4. The Hall–Kier alpha value is -0.780. The Morgan fingerprint density at radius 1 is 0.800 bits per heavy atom. The lowest BCUT2D eigenvalue weighted by Crippen LogP contribution is -2.08. The zero-order chi connectivity index (χ0) is 17.6. The minimum absolute atomic E-state index is 0.990. The highest BCUT2D eigenvalue weighted by molar-refractivity contribution is 5.14. The van der Waals surface area contributed by atoms with Gasteiger partial charge in [-0.3, -0.25) is 0 Å². The van der Waals surface area contributed by atoms with E-state index in [-0.39, 0.29) is 0 Å². The van der Waals surface area contributed by atoms with Crippen LogP contribution >= 0.6 is 0 Å². The fourth-order valence-corrected chi connectivity index (χ4v) is 4.70. The van der Waals surface area contributed by atoms with Gasteiger partial charge >= 0.3 is 0 Å². The first kappa shape index (κ1) is 20.5. The van der Waals surface area contributed by atoms with Crippen molar-refractivity contribution in [3.8, 4) is 0 Å². The van der Waals surface area contributed by atoms with E-state index in [0.29, 0.717) is 0 Å². The van der Waals surface area contributed by atoms with Gasteiger partial charge in [0.2, 0.25) is 0 Å². The molecule has 2 rings (SSSR count). The molecule has 142 valence electrons. The second-order valence-corrected chi connectivity index (χ2v) is 8.53. The quantitative estimate of drug-likeness (QED) is 0.316. The van der Waals surface area contributed by atoms with Crippen LogP contribution in [0, 0.1) is 11.8 Å². The second-order valence-electron chi connectivity index (χ2n) is 8.53. The monoisotopic (exact) mass is 342 g/mol. The summed E-state index contributed by atoms with van der Waals surface area (Å²) in [7, 11) is 0. The number of aryl methyl sites for hydroxylation is 1. The average molecular weight is 343 g/mol. The fourth-order valence-electron chi connectivity index (χ4n) is 4.70. The van der Waals surface area contributed by atoms with E-state index in [0.717, 1.165) is 11.8 Å². The van der Waals surface area contributed by atoms with Crippen molar-refractivity contribution in [2.75, 3.05) is 0 Å². The van der Waals surface area contributed by atoms with E-state index in [9.17, 15) is 0 Å². The van der Waals surface area contributed by atoms with E-state index in [1.54, 1.807) is 0 Å². The highest BCUT2D eigenvalue weighted by atomic mass is 14.2. The first-order chi connectivity index (χ1) is 12.4. The molecule has 0 amide bonds. The largest absolute Gasteiger partial charge is 0.0654 e. The van der Waals surface area contributed by atoms with E-state index in [1.165, 1.54) is 108 Å². The lowest BCUT2D eigenvalue weighted by Gasteiger charge is -2.23. The Labute approximate surface area is 157 Å². The third-order valence-electron chi connectivity index (χ3n) is 6.34. The van der Waals surface area contributed by atoms with Gasteiger partial charge in [-0.05, 0) is 30.2 Å². The zero-order valence-electron chi connectivity index (χ0n) is 16.9. The molecular formula is C25H42. The lowest BCUT2D eigenvalue weighted by molar-refractivity contribution is 0.306. The summed E-state index contributed by atoms with van der Waals surface area (Å²) in [4.78, 5) is 0. The number of unbranched alkanes of at least 4 members (excludes halogenated alkanes) is 3. The van der Waals surface area contributed by atoms with E-state index >= 15 is 0 Å². The first-order valence-electron chi connectivity index (χ1n) is 11.4. The van der Waals surface area contributed by atoms with Crippen molar-refractivity contribution in [2.45, 2.75) is 110 Å². The molecule has 1 aromatic carbocycles. The summed E-state index contributed by atoms with van der Waals surface area (Å²) in [6, 6.07) is 11.1. The van der Waals surface area contributed by atoms with E-state index in [4.69, 9.17) is 0 Å². The van der Waals surface area contributed by atoms with Gasteiger partial charge in [0.15, 0.2) is 0 Å². The van der Waals surface area contributed by atoms with E-state index in [1.807, 2.05) is 0 Å². The molecule has 0 spiro atoms. The molecule has 1 atom stereocenters. The molecule has 0 nitrogen and oxygen atoms in total. The summed E-state index contributed by atoms with van der Waals surface area (Å²) in [5, 5.41) is 0. The molecule has 1 saturated carbocycles. The van der Waals surface area contributed by atoms with Crippen molar-refractivity contribution in [1.29, 1.82) is 0 Å². The van der Waals surface area contributed by atoms with Crippen LogP contribution < -0.4 is 0 Å². The van der Waals surface area contributed by atoms with Gasteiger partial charge in [0, 0.05) is 0 Å². The number of hydrogen-bond acceptors (Lipinski definition) is 0. The van der Waals surface area contributed by atoms with Crippen LogP contribution in [0.25, 0.3) is 0 Å². The van der Waals surface area contributed by atoms with Crippen LogP contribution in [-0.2, 0) is 6.42 Å². The summed E-state index contributed by atoms with van der Waals surface area (Å²) in [5.74, 6) is 2.06. The Morgan fingerprint density at radius 2 is 1.52 bits per heavy atom. The number of benzene rings is 1. The predicted octanol–water partition coefficient (Wildman–Crippen LogP) is 8.35. The van der Waals surface area contributed by atoms with Crippen LogP contribution in [0.15, 0.2) is 30.3 Å². The van der Waals surface area contributed by atoms with Crippen LogP contribution in [-0.4, -0.2) is 0 Å². The molecule has 0 heterocycles. The number of rotatable bonds is 13. The molecule has 1 fully saturated rings. The van der Waals surface area contributed by atoms with Gasteiger partial charge in [0.1, 0.15) is 0 Å². The van der Waals surface area contributed by atoms with Gasteiger partial charge in [-0.2, -0.15) is 0 Å². The molecule has 0 saturated heterocycles. The van der Waals surface area contributed by atoms with Crippen molar-refractivity contribution < 1.29 is 0 Å². The SMILES string of the molecule is CCCCCCC(CCCc1ccccc1)CCCC1CCCCC1. The summed E-state index contributed by atoms with van der Waals surface area (Å²) in [6.45, 7) is 2.32. The molecule has 0 N–H and O–H groups in total. The van der Waals surface area contributed by atoms with E-state index in [2.05, 4.69) is 37.3 Å². The van der Waals surface area contributed by atoms with Gasteiger partial charge in [0.05, 0.1) is 0 Å². The molecule has 0 aromatic heterocycles. The predicted molar refractivity (Wildman–Crippen MR) is 112 cm³/mol. The summed E-state index contributed by atoms with van der Waals surface area (Å²) in [6.07, 6.45) is 23.4. The van der Waals surface area contributed by atoms with Crippen LogP contribution in [0.4, 0.5) is 0 Å². The lowest BCUT2D eigenvalue weighted by atomic mass is 9.83. The van der Waals surface area contributed by atoms with Crippen LogP contribution in [0.5, 0.6) is 0 Å². The minimum atomic E-state index is 0.990. The molecule has 0 heteroatoms. The molecule has 0 aliphatic heterocycles. The van der Waals surface area contributed by atoms with E-state index < -0.39 is 0 Å². The van der Waals surface area contributed by atoms with Gasteiger partial charge in [-0.1, -0.05) is 127 Å². The summed E-state index contributed by atoms with van der Waals surface area (Å²) in [5.41, 5.74) is 1.52. The Morgan fingerprint density at radius 3 is 2.28 bits per heavy atom. The molecule has 0 bridgehead atoms. The minimum Gasteiger partial charge on any atom is -0.0654 e. The first-order valence-corrected chi connectivity index (χ1v) is 11.4. The maximum absolute atomic E-state index is 2.32. The van der Waals surface area contributed by atoms with Gasteiger partial charge in [-0.25, -0.2) is 0 Å². The molecular weight excluding hydrogens is 300 g/mol. The maximum Gasteiger partial charge on any atom is -0.0279 e. The Kier molecular flexibility index (Phi) is 11.0. The summed E-state index contributed by atoms with van der Waals surface area (Å²) >= 11 is 0. The smallest absolute Gasteiger partial charge is 0.0279 e. The highest BCUT2D eigenvalue weighted by Crippen LogP contribution is 2.30. The number of hydrogen-bond donors (Lipinski definition) is 0. The average Bonchev–Trinajstić information content (AvgIpc) is 2.66. The van der Waals surface area contributed by atoms with Gasteiger partial charge < -0.3 is 0 Å². The molecule has 1 aliphatic rings. The van der Waals surface area contributed by atoms with Crippen LogP contribution in [0.3, 0.4) is 0 Å². The topological polar surface area (TPSA) is 0 Å². The Bertz CT molecular complexity index is 401. The molecule has 25 heavy (non-hydrogen) atoms. The van der Waals surface area contributed by atoms with Crippen molar-refractivity contribution in [3.63, 3.8) is 0 Å². The third kappa shape index (κ3) is 9.47. The normalized spacial score (nSPS) is 16.8.